The van der Waals surface area contributed by atoms with Crippen molar-refractivity contribution < 1.29 is 0 Å². The van der Waals surface area contributed by atoms with Gasteiger partial charge in [-0.05, 0) is 43.4 Å². The van der Waals surface area contributed by atoms with Crippen molar-refractivity contribution in [3.8, 4) is 11.1 Å². The summed E-state index contributed by atoms with van der Waals surface area (Å²) in [4.78, 5) is 0. The van der Waals surface area contributed by atoms with Crippen LogP contribution in [0.3, 0.4) is 0 Å². The largest absolute Gasteiger partial charge is 0.0917 e. The summed E-state index contributed by atoms with van der Waals surface area (Å²) in [5.74, 6) is 0. The van der Waals surface area contributed by atoms with Gasteiger partial charge in [0, 0.05) is 0 Å². The minimum Gasteiger partial charge on any atom is -0.0917 e. The Labute approximate surface area is 110 Å². The molecule has 2 aromatic carbocycles. The van der Waals surface area contributed by atoms with Gasteiger partial charge in [0.05, 0.1) is 0 Å². The molecule has 0 fully saturated rings. The Morgan fingerprint density at radius 3 is 1.94 bits per heavy atom. The van der Waals surface area contributed by atoms with E-state index in [9.17, 15) is 0 Å². The molecule has 0 bridgehead atoms. The van der Waals surface area contributed by atoms with Gasteiger partial charge in [-0.3, -0.25) is 0 Å². The van der Waals surface area contributed by atoms with E-state index in [4.69, 9.17) is 0 Å². The first-order valence-corrected chi connectivity index (χ1v) is 6.57. The molecule has 0 heteroatoms. The van der Waals surface area contributed by atoms with Crippen LogP contribution in [0.25, 0.3) is 11.1 Å². The van der Waals surface area contributed by atoms with Crippen molar-refractivity contribution in [2.24, 2.45) is 0 Å². The Morgan fingerprint density at radius 1 is 0.833 bits per heavy atom. The van der Waals surface area contributed by atoms with Crippen LogP contribution in [0.1, 0.15) is 24.5 Å². The van der Waals surface area contributed by atoms with Gasteiger partial charge in [0.2, 0.25) is 0 Å². The highest BCUT2D eigenvalue weighted by Gasteiger charge is 1.97. The van der Waals surface area contributed by atoms with Crippen molar-refractivity contribution in [2.75, 3.05) is 0 Å². The van der Waals surface area contributed by atoms with Crippen LogP contribution in [0, 0.1) is 6.92 Å². The molecule has 0 aliphatic carbocycles. The molecule has 0 aromatic heterocycles. The number of allylic oxidation sites excluding steroid dienone is 2. The van der Waals surface area contributed by atoms with Gasteiger partial charge in [0.25, 0.3) is 0 Å². The second kappa shape index (κ2) is 6.20. The van der Waals surface area contributed by atoms with E-state index in [-0.39, 0.29) is 0 Å². The van der Waals surface area contributed by atoms with Crippen molar-refractivity contribution in [2.45, 2.75) is 26.7 Å². The van der Waals surface area contributed by atoms with Gasteiger partial charge >= 0.3 is 0 Å². The second-order valence-electron chi connectivity index (χ2n) is 4.67. The molecule has 0 atom stereocenters. The Bertz CT molecular complexity index is 501. The van der Waals surface area contributed by atoms with Crippen LogP contribution >= 0.6 is 0 Å². The fraction of sp³-hybridized carbons (Fsp3) is 0.222. The number of hydrogen-bond acceptors (Lipinski definition) is 0. The zero-order chi connectivity index (χ0) is 12.8. The van der Waals surface area contributed by atoms with Crippen molar-refractivity contribution >= 4 is 0 Å². The Kier molecular flexibility index (Phi) is 4.35. The number of hydrogen-bond donors (Lipinski definition) is 0. The molecular formula is C18H20. The first kappa shape index (κ1) is 12.6. The molecule has 0 unspecified atom stereocenters. The summed E-state index contributed by atoms with van der Waals surface area (Å²) in [5, 5.41) is 0. The SMILES string of the molecule is CC=CCCc1ccc(-c2ccc(C)cc2)cc1. The van der Waals surface area contributed by atoms with Crippen LogP contribution in [-0.4, -0.2) is 0 Å². The molecule has 0 aliphatic heterocycles. The molecule has 0 spiro atoms. The Balaban J connectivity index is 2.09. The molecule has 0 saturated heterocycles. The minimum absolute atomic E-state index is 1.12. The highest BCUT2D eigenvalue weighted by atomic mass is 14.0. The van der Waals surface area contributed by atoms with Crippen molar-refractivity contribution in [3.05, 3.63) is 71.8 Å². The van der Waals surface area contributed by atoms with Crippen LogP contribution in [-0.2, 0) is 6.42 Å². The summed E-state index contributed by atoms with van der Waals surface area (Å²) in [7, 11) is 0. The molecule has 92 valence electrons. The zero-order valence-electron chi connectivity index (χ0n) is 11.2. The van der Waals surface area contributed by atoms with E-state index in [1.807, 2.05) is 0 Å². The molecule has 0 aliphatic rings. The van der Waals surface area contributed by atoms with Crippen molar-refractivity contribution in [3.63, 3.8) is 0 Å². The van der Waals surface area contributed by atoms with E-state index < -0.39 is 0 Å². The van der Waals surface area contributed by atoms with E-state index in [0.717, 1.165) is 12.8 Å². The fourth-order valence-electron chi connectivity index (χ4n) is 2.03. The molecule has 2 aromatic rings. The smallest absolute Gasteiger partial charge is 0.0184 e. The third-order valence-corrected chi connectivity index (χ3v) is 3.17. The van der Waals surface area contributed by atoms with Crippen molar-refractivity contribution in [1.82, 2.24) is 0 Å². The van der Waals surface area contributed by atoms with Gasteiger partial charge in [-0.1, -0.05) is 66.2 Å². The molecule has 0 heterocycles. The van der Waals surface area contributed by atoms with Gasteiger partial charge in [-0.2, -0.15) is 0 Å². The lowest BCUT2D eigenvalue weighted by atomic mass is 10.0. The summed E-state index contributed by atoms with van der Waals surface area (Å²) in [6.07, 6.45) is 6.58. The molecule has 2 rings (SSSR count). The van der Waals surface area contributed by atoms with Crippen LogP contribution < -0.4 is 0 Å². The monoisotopic (exact) mass is 236 g/mol. The summed E-state index contributed by atoms with van der Waals surface area (Å²) >= 11 is 0. The molecular weight excluding hydrogens is 216 g/mol. The highest BCUT2D eigenvalue weighted by molar-refractivity contribution is 5.63. The molecule has 0 radical (unpaired) electrons. The lowest BCUT2D eigenvalue weighted by Gasteiger charge is -2.04. The highest BCUT2D eigenvalue weighted by Crippen LogP contribution is 2.20. The summed E-state index contributed by atoms with van der Waals surface area (Å²) < 4.78 is 0. The molecule has 0 saturated carbocycles. The number of benzene rings is 2. The van der Waals surface area contributed by atoms with Crippen LogP contribution in [0.15, 0.2) is 60.7 Å². The van der Waals surface area contributed by atoms with Gasteiger partial charge in [-0.25, -0.2) is 0 Å². The predicted octanol–water partition coefficient (Wildman–Crippen LogP) is 5.17. The van der Waals surface area contributed by atoms with Crippen molar-refractivity contribution in [1.29, 1.82) is 0 Å². The Hall–Kier alpha value is -1.82. The molecule has 0 N–H and O–H groups in total. The average Bonchev–Trinajstić information content (AvgIpc) is 2.41. The van der Waals surface area contributed by atoms with Gasteiger partial charge in [0.15, 0.2) is 0 Å². The normalized spacial score (nSPS) is 11.0. The number of rotatable bonds is 4. The lowest BCUT2D eigenvalue weighted by molar-refractivity contribution is 1.000. The fourth-order valence-corrected chi connectivity index (χ4v) is 2.03. The summed E-state index contributed by atoms with van der Waals surface area (Å²) in [5.41, 5.74) is 5.30. The minimum atomic E-state index is 1.12. The maximum atomic E-state index is 2.23. The van der Waals surface area contributed by atoms with E-state index >= 15 is 0 Å². The van der Waals surface area contributed by atoms with Gasteiger partial charge in [0.1, 0.15) is 0 Å². The first-order valence-electron chi connectivity index (χ1n) is 6.57. The average molecular weight is 236 g/mol. The zero-order valence-corrected chi connectivity index (χ0v) is 11.2. The van der Waals surface area contributed by atoms with E-state index in [1.165, 1.54) is 22.3 Å². The third kappa shape index (κ3) is 3.33. The third-order valence-electron chi connectivity index (χ3n) is 3.17. The molecule has 0 nitrogen and oxygen atoms in total. The first-order chi connectivity index (χ1) is 8.79. The summed E-state index contributed by atoms with van der Waals surface area (Å²) in [6.45, 7) is 4.19. The van der Waals surface area contributed by atoms with E-state index in [2.05, 4.69) is 74.5 Å². The molecule has 18 heavy (non-hydrogen) atoms. The maximum Gasteiger partial charge on any atom is -0.0184 e. The van der Waals surface area contributed by atoms with Crippen LogP contribution in [0.5, 0.6) is 0 Å². The maximum absolute atomic E-state index is 2.23. The van der Waals surface area contributed by atoms with E-state index in [0.29, 0.717) is 0 Å². The van der Waals surface area contributed by atoms with Crippen LogP contribution in [0.4, 0.5) is 0 Å². The van der Waals surface area contributed by atoms with Gasteiger partial charge in [-0.15, -0.1) is 0 Å². The van der Waals surface area contributed by atoms with E-state index in [1.54, 1.807) is 0 Å². The number of aryl methyl sites for hydroxylation is 2. The van der Waals surface area contributed by atoms with Gasteiger partial charge < -0.3 is 0 Å². The van der Waals surface area contributed by atoms with Crippen LogP contribution in [0.2, 0.25) is 0 Å². The molecule has 0 amide bonds. The Morgan fingerprint density at radius 2 is 1.39 bits per heavy atom. The predicted molar refractivity (Wildman–Crippen MR) is 79.8 cm³/mol. The standard InChI is InChI=1S/C18H20/c1-3-4-5-6-16-9-13-18(14-10-16)17-11-7-15(2)8-12-17/h3-4,7-14H,5-6H2,1-2H3. The lowest BCUT2D eigenvalue weighted by Crippen LogP contribution is -1.84. The topological polar surface area (TPSA) is 0 Å². The summed E-state index contributed by atoms with van der Waals surface area (Å²) in [6, 6.07) is 17.6. The quantitative estimate of drug-likeness (QED) is 0.642. The second-order valence-corrected chi connectivity index (χ2v) is 4.67.